The molecule has 2 aromatic rings. The minimum atomic E-state index is -0.622. The first-order valence-electron chi connectivity index (χ1n) is 9.71. The molecule has 1 aliphatic carbocycles. The molecule has 2 N–H and O–H groups in total. The van der Waals surface area contributed by atoms with Crippen LogP contribution in [0.3, 0.4) is 0 Å². The molecule has 28 heavy (non-hydrogen) atoms. The van der Waals surface area contributed by atoms with E-state index in [9.17, 15) is 9.59 Å². The van der Waals surface area contributed by atoms with Crippen molar-refractivity contribution in [2.75, 3.05) is 25.1 Å². The van der Waals surface area contributed by atoms with E-state index in [2.05, 4.69) is 10.6 Å². The summed E-state index contributed by atoms with van der Waals surface area (Å²) >= 11 is 0. The van der Waals surface area contributed by atoms with Crippen LogP contribution in [0, 0.1) is 0 Å². The molecule has 4 rings (SSSR count). The lowest BCUT2D eigenvalue weighted by Crippen LogP contribution is -2.45. The Labute approximate surface area is 164 Å². The first-order chi connectivity index (χ1) is 13.7. The summed E-state index contributed by atoms with van der Waals surface area (Å²) in [4.78, 5) is 25.3. The van der Waals surface area contributed by atoms with Crippen LogP contribution in [0.5, 0.6) is 11.5 Å². The Kier molecular flexibility index (Phi) is 5.19. The number of hydrogen-bond acceptors (Lipinski definition) is 4. The first kappa shape index (κ1) is 18.3. The lowest BCUT2D eigenvalue weighted by Gasteiger charge is -2.29. The fourth-order valence-electron chi connectivity index (χ4n) is 4.02. The Morgan fingerprint density at radius 3 is 2.39 bits per heavy atom. The number of nitrogens with one attached hydrogen (secondary N) is 2. The summed E-state index contributed by atoms with van der Waals surface area (Å²) < 4.78 is 11.3. The van der Waals surface area contributed by atoms with Gasteiger partial charge in [0.1, 0.15) is 13.2 Å². The molecule has 6 nitrogen and oxygen atoms in total. The van der Waals surface area contributed by atoms with Crippen molar-refractivity contribution in [1.29, 1.82) is 0 Å². The number of rotatable bonds is 5. The predicted molar refractivity (Wildman–Crippen MR) is 106 cm³/mol. The fourth-order valence-corrected chi connectivity index (χ4v) is 4.02. The summed E-state index contributed by atoms with van der Waals surface area (Å²) in [6, 6.07) is 15.0. The Balaban J connectivity index is 1.46. The zero-order chi connectivity index (χ0) is 19.4. The largest absolute Gasteiger partial charge is 0.486 e. The van der Waals surface area contributed by atoms with Gasteiger partial charge in [0.2, 0.25) is 11.8 Å². The lowest BCUT2D eigenvalue weighted by atomic mass is 9.77. The van der Waals surface area contributed by atoms with Gasteiger partial charge in [-0.2, -0.15) is 0 Å². The molecule has 0 atom stereocenters. The van der Waals surface area contributed by atoms with Crippen molar-refractivity contribution in [2.24, 2.45) is 0 Å². The molecule has 1 saturated carbocycles. The van der Waals surface area contributed by atoms with Gasteiger partial charge in [0, 0.05) is 5.69 Å². The van der Waals surface area contributed by atoms with Crippen molar-refractivity contribution < 1.29 is 19.1 Å². The van der Waals surface area contributed by atoms with E-state index in [0.29, 0.717) is 30.4 Å². The minimum absolute atomic E-state index is 0.0555. The molecule has 1 heterocycles. The SMILES string of the molecule is O=C(CNC(=O)C1(c2ccc3c(c2)OCCO3)CCCC1)Nc1ccccc1. The van der Waals surface area contributed by atoms with E-state index in [1.54, 1.807) is 0 Å². The molecule has 0 radical (unpaired) electrons. The molecule has 2 aromatic carbocycles. The topological polar surface area (TPSA) is 76.7 Å². The van der Waals surface area contributed by atoms with Crippen LogP contribution in [0.15, 0.2) is 48.5 Å². The highest BCUT2D eigenvalue weighted by Gasteiger charge is 2.43. The minimum Gasteiger partial charge on any atom is -0.486 e. The lowest BCUT2D eigenvalue weighted by molar-refractivity contribution is -0.128. The maximum atomic E-state index is 13.1. The maximum absolute atomic E-state index is 13.1. The van der Waals surface area contributed by atoms with Crippen LogP contribution >= 0.6 is 0 Å². The van der Waals surface area contributed by atoms with Crippen LogP contribution in [-0.4, -0.2) is 31.6 Å². The maximum Gasteiger partial charge on any atom is 0.243 e. The fraction of sp³-hybridized carbons (Fsp3) is 0.364. The highest BCUT2D eigenvalue weighted by Crippen LogP contribution is 2.44. The number of amides is 2. The molecule has 2 amide bonds. The van der Waals surface area contributed by atoms with Crippen molar-refractivity contribution in [1.82, 2.24) is 5.32 Å². The van der Waals surface area contributed by atoms with Crippen molar-refractivity contribution in [3.63, 3.8) is 0 Å². The first-order valence-corrected chi connectivity index (χ1v) is 9.71. The summed E-state index contributed by atoms with van der Waals surface area (Å²) in [5.74, 6) is 1.05. The number of ether oxygens (including phenoxy) is 2. The normalized spacial score (nSPS) is 17.0. The number of fused-ring (bicyclic) bond motifs is 1. The number of hydrogen-bond donors (Lipinski definition) is 2. The molecule has 0 unspecified atom stereocenters. The van der Waals surface area contributed by atoms with E-state index < -0.39 is 5.41 Å². The molecule has 2 aliphatic rings. The van der Waals surface area contributed by atoms with Crippen molar-refractivity contribution >= 4 is 17.5 Å². The Morgan fingerprint density at radius 2 is 1.64 bits per heavy atom. The van der Waals surface area contributed by atoms with Crippen LogP contribution in [0.4, 0.5) is 5.69 Å². The van der Waals surface area contributed by atoms with Crippen LogP contribution in [0.1, 0.15) is 31.2 Å². The van der Waals surface area contributed by atoms with Gasteiger partial charge in [0.25, 0.3) is 0 Å². The van der Waals surface area contributed by atoms with Gasteiger partial charge in [0.05, 0.1) is 12.0 Å². The number of para-hydroxylation sites is 1. The molecule has 0 bridgehead atoms. The van der Waals surface area contributed by atoms with Gasteiger partial charge in [-0.15, -0.1) is 0 Å². The predicted octanol–water partition coefficient (Wildman–Crippen LogP) is 3.02. The van der Waals surface area contributed by atoms with E-state index >= 15 is 0 Å². The third-order valence-electron chi connectivity index (χ3n) is 5.45. The standard InChI is InChI=1S/C22H24N2O4/c25-20(24-17-6-2-1-3-7-17)15-23-21(26)22(10-4-5-11-22)16-8-9-18-19(14-16)28-13-12-27-18/h1-3,6-9,14H,4-5,10-13,15H2,(H,23,26)(H,24,25). The van der Waals surface area contributed by atoms with E-state index in [-0.39, 0.29) is 18.4 Å². The van der Waals surface area contributed by atoms with Gasteiger partial charge in [-0.1, -0.05) is 37.1 Å². The highest BCUT2D eigenvalue weighted by molar-refractivity contribution is 5.96. The van der Waals surface area contributed by atoms with Gasteiger partial charge in [-0.05, 0) is 42.7 Å². The van der Waals surface area contributed by atoms with Crippen molar-refractivity contribution in [2.45, 2.75) is 31.1 Å². The molecule has 0 spiro atoms. The van der Waals surface area contributed by atoms with Gasteiger partial charge in [-0.25, -0.2) is 0 Å². The molecule has 1 aliphatic heterocycles. The zero-order valence-electron chi connectivity index (χ0n) is 15.7. The third-order valence-corrected chi connectivity index (χ3v) is 5.45. The highest BCUT2D eigenvalue weighted by atomic mass is 16.6. The van der Waals surface area contributed by atoms with E-state index in [0.717, 1.165) is 31.2 Å². The monoisotopic (exact) mass is 380 g/mol. The molecule has 146 valence electrons. The third kappa shape index (κ3) is 3.67. The van der Waals surface area contributed by atoms with Crippen molar-refractivity contribution in [3.05, 3.63) is 54.1 Å². The van der Waals surface area contributed by atoms with E-state index in [4.69, 9.17) is 9.47 Å². The summed E-state index contributed by atoms with van der Waals surface area (Å²) in [6.07, 6.45) is 3.49. The van der Waals surface area contributed by atoms with Gasteiger partial charge < -0.3 is 20.1 Å². The molecule has 0 saturated heterocycles. The second-order valence-electron chi connectivity index (χ2n) is 7.24. The Hall–Kier alpha value is -3.02. The number of carbonyl (C=O) groups excluding carboxylic acids is 2. The van der Waals surface area contributed by atoms with Crippen molar-refractivity contribution in [3.8, 4) is 11.5 Å². The van der Waals surface area contributed by atoms with E-state index in [1.165, 1.54) is 0 Å². The Morgan fingerprint density at radius 1 is 0.929 bits per heavy atom. The summed E-state index contributed by atoms with van der Waals surface area (Å²) in [6.45, 7) is 0.990. The van der Waals surface area contributed by atoms with Crippen LogP contribution in [0.25, 0.3) is 0 Å². The number of carbonyl (C=O) groups is 2. The van der Waals surface area contributed by atoms with Crippen LogP contribution in [0.2, 0.25) is 0 Å². The molecular weight excluding hydrogens is 356 g/mol. The summed E-state index contributed by atoms with van der Waals surface area (Å²) in [5.41, 5.74) is 1.02. The van der Waals surface area contributed by atoms with Crippen LogP contribution < -0.4 is 20.1 Å². The second kappa shape index (κ2) is 7.92. The molecule has 1 fully saturated rings. The number of anilines is 1. The van der Waals surface area contributed by atoms with Gasteiger partial charge in [-0.3, -0.25) is 9.59 Å². The smallest absolute Gasteiger partial charge is 0.243 e. The molecule has 0 aromatic heterocycles. The van der Waals surface area contributed by atoms with Gasteiger partial charge >= 0.3 is 0 Å². The summed E-state index contributed by atoms with van der Waals surface area (Å²) in [7, 11) is 0. The van der Waals surface area contributed by atoms with Crippen LogP contribution in [-0.2, 0) is 15.0 Å². The Bertz CT molecular complexity index is 860. The number of benzene rings is 2. The average Bonchev–Trinajstić information content (AvgIpc) is 3.24. The second-order valence-corrected chi connectivity index (χ2v) is 7.24. The molecule has 6 heteroatoms. The van der Waals surface area contributed by atoms with E-state index in [1.807, 2.05) is 48.5 Å². The summed E-state index contributed by atoms with van der Waals surface area (Å²) in [5, 5.41) is 5.63. The zero-order valence-corrected chi connectivity index (χ0v) is 15.7. The average molecular weight is 380 g/mol. The molecular formula is C22H24N2O4. The quantitative estimate of drug-likeness (QED) is 0.836. The van der Waals surface area contributed by atoms with Gasteiger partial charge in [0.15, 0.2) is 11.5 Å².